The van der Waals surface area contributed by atoms with Crippen LogP contribution in [0.3, 0.4) is 0 Å². The van der Waals surface area contributed by atoms with E-state index in [4.69, 9.17) is 16.3 Å². The van der Waals surface area contributed by atoms with Crippen LogP contribution < -0.4 is 4.90 Å². The number of fused-ring (bicyclic) bond motifs is 1. The number of rotatable bonds is 3. The van der Waals surface area contributed by atoms with Gasteiger partial charge in [0.05, 0.1) is 19.3 Å². The van der Waals surface area contributed by atoms with Crippen LogP contribution in [0.15, 0.2) is 6.20 Å². The second kappa shape index (κ2) is 4.75. The Bertz CT molecular complexity index is 458. The lowest BCUT2D eigenvalue weighted by atomic mass is 10.3. The summed E-state index contributed by atoms with van der Waals surface area (Å²) >= 11 is 5.52. The van der Waals surface area contributed by atoms with E-state index in [1.807, 2.05) is 0 Å². The Morgan fingerprint density at radius 1 is 1.53 bits per heavy atom. The number of nitrogens with zero attached hydrogens (tertiary/aromatic N) is 3. The fourth-order valence-electron chi connectivity index (χ4n) is 1.80. The Labute approximate surface area is 103 Å². The first kappa shape index (κ1) is 11.9. The van der Waals surface area contributed by atoms with Crippen LogP contribution in [0, 0.1) is 0 Å². The van der Waals surface area contributed by atoms with E-state index < -0.39 is 5.97 Å². The number of hydrogen-bond acceptors (Lipinski definition) is 4. The van der Waals surface area contributed by atoms with Crippen molar-refractivity contribution in [3.05, 3.63) is 11.8 Å². The van der Waals surface area contributed by atoms with Gasteiger partial charge in [0.15, 0.2) is 0 Å². The maximum Gasteiger partial charge on any atom is 0.343 e. The molecule has 0 saturated heterocycles. The zero-order valence-corrected chi connectivity index (χ0v) is 10.1. The smallest absolute Gasteiger partial charge is 0.343 e. The number of alkyl halides is 1. The van der Waals surface area contributed by atoms with Crippen molar-refractivity contribution in [3.63, 3.8) is 0 Å². The molecule has 0 saturated carbocycles. The molecular weight excluding hydrogens is 246 g/mol. The molecule has 0 atom stereocenters. The molecule has 0 aliphatic carbocycles. The lowest BCUT2D eigenvalue weighted by Crippen LogP contribution is -2.31. The highest BCUT2D eigenvalue weighted by atomic mass is 35.5. The Morgan fingerprint density at radius 2 is 2.29 bits per heavy atom. The topological polar surface area (TPSA) is 64.4 Å². The first-order chi connectivity index (χ1) is 8.19. The van der Waals surface area contributed by atoms with E-state index in [0.29, 0.717) is 24.5 Å². The van der Waals surface area contributed by atoms with Crippen LogP contribution in [0.2, 0.25) is 0 Å². The Hall–Kier alpha value is -1.56. The second-order valence-electron chi connectivity index (χ2n) is 3.50. The highest BCUT2D eigenvalue weighted by molar-refractivity contribution is 6.29. The molecule has 1 amide bonds. The van der Waals surface area contributed by atoms with Crippen LogP contribution in [0.1, 0.15) is 17.3 Å². The van der Waals surface area contributed by atoms with Crippen LogP contribution in [0.4, 0.5) is 5.82 Å². The average Bonchev–Trinajstić information content (AvgIpc) is 2.88. The summed E-state index contributed by atoms with van der Waals surface area (Å²) in [7, 11) is 0. The van der Waals surface area contributed by atoms with Crippen LogP contribution >= 0.6 is 11.6 Å². The van der Waals surface area contributed by atoms with Crippen molar-refractivity contribution >= 4 is 29.3 Å². The first-order valence-corrected chi connectivity index (χ1v) is 5.81. The summed E-state index contributed by atoms with van der Waals surface area (Å²) in [6, 6.07) is 0. The molecule has 2 rings (SSSR count). The molecule has 0 N–H and O–H groups in total. The van der Waals surface area contributed by atoms with Crippen molar-refractivity contribution in [2.75, 3.05) is 23.9 Å². The van der Waals surface area contributed by atoms with E-state index in [1.165, 1.54) is 11.1 Å². The highest BCUT2D eigenvalue weighted by Crippen LogP contribution is 2.26. The molecule has 92 valence electrons. The summed E-state index contributed by atoms with van der Waals surface area (Å²) in [6.07, 6.45) is 1.42. The molecule has 0 radical (unpaired) electrons. The molecule has 1 aliphatic rings. The summed E-state index contributed by atoms with van der Waals surface area (Å²) in [5, 5.41) is 4.05. The van der Waals surface area contributed by atoms with E-state index in [-0.39, 0.29) is 18.4 Å². The summed E-state index contributed by atoms with van der Waals surface area (Å²) in [4.78, 5) is 24.7. The molecule has 2 heterocycles. The lowest BCUT2D eigenvalue weighted by molar-refractivity contribution is -0.116. The van der Waals surface area contributed by atoms with Gasteiger partial charge < -0.3 is 4.74 Å². The van der Waals surface area contributed by atoms with Gasteiger partial charge in [-0.25, -0.2) is 9.48 Å². The van der Waals surface area contributed by atoms with Crippen molar-refractivity contribution < 1.29 is 14.3 Å². The monoisotopic (exact) mass is 257 g/mol. The van der Waals surface area contributed by atoms with E-state index in [2.05, 4.69) is 5.10 Å². The number of hydrogen-bond donors (Lipinski definition) is 0. The summed E-state index contributed by atoms with van der Waals surface area (Å²) < 4.78 is 6.52. The number of ether oxygens (including phenoxy) is 1. The Balaban J connectivity index is 2.33. The van der Waals surface area contributed by atoms with Gasteiger partial charge in [-0.2, -0.15) is 5.10 Å². The van der Waals surface area contributed by atoms with Crippen LogP contribution in [-0.4, -0.2) is 40.7 Å². The van der Waals surface area contributed by atoms with Crippen molar-refractivity contribution in [1.82, 2.24) is 9.78 Å². The number of carbonyl (C=O) groups is 2. The third-order valence-electron chi connectivity index (χ3n) is 2.51. The molecule has 0 spiro atoms. The third kappa shape index (κ3) is 2.00. The standard InChI is InChI=1S/C10H12ClN3O3/c1-2-17-10(16)7-6-12-14-4-3-13(9(7)14)8(15)5-11/h6H,2-5H2,1H3. The molecule has 1 aromatic rings. The van der Waals surface area contributed by atoms with Gasteiger partial charge in [0.1, 0.15) is 17.3 Å². The summed E-state index contributed by atoms with van der Waals surface area (Å²) in [6.45, 7) is 3.06. The van der Waals surface area contributed by atoms with Gasteiger partial charge in [0, 0.05) is 6.54 Å². The molecule has 7 heteroatoms. The maximum atomic E-state index is 11.7. The Kier molecular flexibility index (Phi) is 3.33. The van der Waals surface area contributed by atoms with Crippen LogP contribution in [-0.2, 0) is 16.1 Å². The number of amides is 1. The minimum atomic E-state index is -0.469. The molecule has 0 fully saturated rings. The van der Waals surface area contributed by atoms with Gasteiger partial charge in [-0.05, 0) is 6.92 Å². The van der Waals surface area contributed by atoms with Crippen LogP contribution in [0.5, 0.6) is 0 Å². The van der Waals surface area contributed by atoms with E-state index in [0.717, 1.165) is 0 Å². The molecule has 1 aliphatic heterocycles. The summed E-state index contributed by atoms with van der Waals surface area (Å²) in [5.74, 6) is -0.346. The largest absolute Gasteiger partial charge is 0.462 e. The number of carbonyl (C=O) groups excluding carboxylic acids is 2. The lowest BCUT2D eigenvalue weighted by Gasteiger charge is -2.14. The molecule has 0 unspecified atom stereocenters. The molecule has 17 heavy (non-hydrogen) atoms. The zero-order valence-electron chi connectivity index (χ0n) is 9.35. The molecule has 0 aromatic carbocycles. The second-order valence-corrected chi connectivity index (χ2v) is 3.77. The van der Waals surface area contributed by atoms with E-state index >= 15 is 0 Å². The molecular formula is C10H12ClN3O3. The minimum Gasteiger partial charge on any atom is -0.462 e. The summed E-state index contributed by atoms with van der Waals surface area (Å²) in [5.41, 5.74) is 0.308. The van der Waals surface area contributed by atoms with Gasteiger partial charge in [-0.15, -0.1) is 11.6 Å². The Morgan fingerprint density at radius 3 is 2.94 bits per heavy atom. The number of halogens is 1. The van der Waals surface area contributed by atoms with Crippen molar-refractivity contribution in [2.45, 2.75) is 13.5 Å². The van der Waals surface area contributed by atoms with Crippen molar-refractivity contribution in [2.24, 2.45) is 0 Å². The first-order valence-electron chi connectivity index (χ1n) is 5.28. The molecule has 6 nitrogen and oxygen atoms in total. The van der Waals surface area contributed by atoms with Gasteiger partial charge in [0.25, 0.3) is 0 Å². The van der Waals surface area contributed by atoms with Crippen LogP contribution in [0.25, 0.3) is 0 Å². The maximum absolute atomic E-state index is 11.7. The van der Waals surface area contributed by atoms with Gasteiger partial charge in [-0.3, -0.25) is 9.69 Å². The predicted octanol–water partition coefficient (Wildman–Crippen LogP) is 0.645. The quantitative estimate of drug-likeness (QED) is 0.589. The van der Waals surface area contributed by atoms with E-state index in [1.54, 1.807) is 11.6 Å². The number of aromatic nitrogens is 2. The minimum absolute atomic E-state index is 0.118. The fraction of sp³-hybridized carbons (Fsp3) is 0.500. The predicted molar refractivity (Wildman–Crippen MR) is 61.3 cm³/mol. The van der Waals surface area contributed by atoms with E-state index in [9.17, 15) is 9.59 Å². The van der Waals surface area contributed by atoms with Crippen molar-refractivity contribution in [1.29, 1.82) is 0 Å². The third-order valence-corrected chi connectivity index (χ3v) is 2.74. The molecule has 0 bridgehead atoms. The number of anilines is 1. The van der Waals surface area contributed by atoms with Gasteiger partial charge in [0.2, 0.25) is 5.91 Å². The van der Waals surface area contributed by atoms with Gasteiger partial charge >= 0.3 is 5.97 Å². The highest BCUT2D eigenvalue weighted by Gasteiger charge is 2.31. The van der Waals surface area contributed by atoms with Gasteiger partial charge in [-0.1, -0.05) is 0 Å². The molecule has 1 aromatic heterocycles. The van der Waals surface area contributed by atoms with Crippen molar-refractivity contribution in [3.8, 4) is 0 Å². The fourth-order valence-corrected chi connectivity index (χ4v) is 1.94. The SMILES string of the molecule is CCOC(=O)c1cnn2c1N(C(=O)CCl)CC2. The normalized spacial score (nSPS) is 13.6. The zero-order chi connectivity index (χ0) is 12.4. The average molecular weight is 258 g/mol. The number of esters is 1.